The standard InChI is InChI=1S/C12H15NO6/c1-2-17-9-5-3-4-6-10(9)18-7-11(14)13-19-8-12(15)16/h3-6H,2,7-8H2,1H3,(H,13,14)(H,15,16). The lowest BCUT2D eigenvalue weighted by Crippen LogP contribution is -2.31. The van der Waals surface area contributed by atoms with Crippen molar-refractivity contribution >= 4 is 11.9 Å². The number of aliphatic carboxylic acids is 1. The molecule has 7 heteroatoms. The van der Waals surface area contributed by atoms with Gasteiger partial charge in [-0.25, -0.2) is 10.3 Å². The van der Waals surface area contributed by atoms with Crippen LogP contribution >= 0.6 is 0 Å². The second-order valence-corrected chi connectivity index (χ2v) is 3.38. The summed E-state index contributed by atoms with van der Waals surface area (Å²) in [4.78, 5) is 25.8. The van der Waals surface area contributed by atoms with Crippen molar-refractivity contribution in [2.75, 3.05) is 19.8 Å². The number of ether oxygens (including phenoxy) is 2. The maximum Gasteiger partial charge on any atom is 0.332 e. The minimum Gasteiger partial charge on any atom is -0.490 e. The second kappa shape index (κ2) is 7.93. The fourth-order valence-corrected chi connectivity index (χ4v) is 1.20. The molecule has 19 heavy (non-hydrogen) atoms. The summed E-state index contributed by atoms with van der Waals surface area (Å²) in [5.41, 5.74) is 1.95. The summed E-state index contributed by atoms with van der Waals surface area (Å²) in [6, 6.07) is 6.92. The maximum absolute atomic E-state index is 11.3. The predicted octanol–water partition coefficient (Wildman–Crippen LogP) is 0.596. The van der Waals surface area contributed by atoms with Crippen molar-refractivity contribution < 1.29 is 29.0 Å². The van der Waals surface area contributed by atoms with Crippen LogP contribution in [0.4, 0.5) is 0 Å². The molecule has 0 aliphatic heterocycles. The third kappa shape index (κ3) is 5.73. The molecule has 0 atom stereocenters. The smallest absolute Gasteiger partial charge is 0.332 e. The van der Waals surface area contributed by atoms with Crippen molar-refractivity contribution in [1.82, 2.24) is 5.48 Å². The van der Waals surface area contributed by atoms with Gasteiger partial charge in [-0.3, -0.25) is 9.63 Å². The van der Waals surface area contributed by atoms with Crippen molar-refractivity contribution in [2.24, 2.45) is 0 Å². The summed E-state index contributed by atoms with van der Waals surface area (Å²) >= 11 is 0. The van der Waals surface area contributed by atoms with Crippen molar-refractivity contribution in [1.29, 1.82) is 0 Å². The maximum atomic E-state index is 11.3. The summed E-state index contributed by atoms with van der Waals surface area (Å²) in [7, 11) is 0. The number of amides is 1. The van der Waals surface area contributed by atoms with Gasteiger partial charge in [0.1, 0.15) is 0 Å². The highest BCUT2D eigenvalue weighted by atomic mass is 16.7. The van der Waals surface area contributed by atoms with Crippen LogP contribution in [0, 0.1) is 0 Å². The molecule has 7 nitrogen and oxygen atoms in total. The minimum atomic E-state index is -1.18. The molecule has 0 aliphatic rings. The van der Waals surface area contributed by atoms with E-state index >= 15 is 0 Å². The Morgan fingerprint density at radius 3 is 2.37 bits per heavy atom. The average molecular weight is 269 g/mol. The lowest BCUT2D eigenvalue weighted by atomic mass is 10.3. The average Bonchev–Trinajstić information content (AvgIpc) is 2.37. The first-order valence-electron chi connectivity index (χ1n) is 5.60. The van der Waals surface area contributed by atoms with E-state index in [2.05, 4.69) is 4.84 Å². The number of carbonyl (C=O) groups is 2. The van der Waals surface area contributed by atoms with Gasteiger partial charge >= 0.3 is 5.97 Å². The molecule has 0 bridgehead atoms. The minimum absolute atomic E-state index is 0.302. The van der Waals surface area contributed by atoms with Crippen LogP contribution in [0.15, 0.2) is 24.3 Å². The van der Waals surface area contributed by atoms with Gasteiger partial charge in [-0.1, -0.05) is 12.1 Å². The number of para-hydroxylation sites is 2. The van der Waals surface area contributed by atoms with E-state index in [4.69, 9.17) is 14.6 Å². The topological polar surface area (TPSA) is 94.1 Å². The van der Waals surface area contributed by atoms with Gasteiger partial charge in [0.15, 0.2) is 24.7 Å². The van der Waals surface area contributed by atoms with Gasteiger partial charge in [-0.2, -0.15) is 0 Å². The number of benzene rings is 1. The molecule has 0 spiro atoms. The van der Waals surface area contributed by atoms with Crippen LogP contribution in [0.5, 0.6) is 11.5 Å². The molecule has 1 aromatic carbocycles. The van der Waals surface area contributed by atoms with Gasteiger partial charge in [0.2, 0.25) is 0 Å². The first-order valence-corrected chi connectivity index (χ1v) is 5.60. The second-order valence-electron chi connectivity index (χ2n) is 3.38. The Labute approximate surface area is 110 Å². The van der Waals surface area contributed by atoms with Crippen LogP contribution in [0.2, 0.25) is 0 Å². The van der Waals surface area contributed by atoms with Crippen molar-refractivity contribution in [2.45, 2.75) is 6.92 Å². The Morgan fingerprint density at radius 1 is 1.16 bits per heavy atom. The number of hydrogen-bond acceptors (Lipinski definition) is 5. The summed E-state index contributed by atoms with van der Waals surface area (Å²) in [6.07, 6.45) is 0. The van der Waals surface area contributed by atoms with E-state index in [-0.39, 0.29) is 6.61 Å². The van der Waals surface area contributed by atoms with Crippen molar-refractivity contribution in [3.05, 3.63) is 24.3 Å². The molecule has 1 amide bonds. The number of carboxylic acids is 1. The summed E-state index contributed by atoms with van der Waals surface area (Å²) < 4.78 is 10.6. The van der Waals surface area contributed by atoms with E-state index < -0.39 is 18.5 Å². The predicted molar refractivity (Wildman–Crippen MR) is 64.8 cm³/mol. The Balaban J connectivity index is 2.39. The third-order valence-corrected chi connectivity index (χ3v) is 1.89. The Kier molecular flexibility index (Phi) is 6.17. The van der Waals surface area contributed by atoms with E-state index in [1.165, 1.54) is 0 Å². The molecular weight excluding hydrogens is 254 g/mol. The van der Waals surface area contributed by atoms with Crippen LogP contribution in [-0.2, 0) is 14.4 Å². The number of hydrogen-bond donors (Lipinski definition) is 2. The molecular formula is C12H15NO6. The highest BCUT2D eigenvalue weighted by Gasteiger charge is 2.07. The number of nitrogens with one attached hydrogen (secondary N) is 1. The lowest BCUT2D eigenvalue weighted by Gasteiger charge is -2.11. The van der Waals surface area contributed by atoms with Crippen molar-refractivity contribution in [3.63, 3.8) is 0 Å². The van der Waals surface area contributed by atoms with Gasteiger partial charge in [0.25, 0.3) is 5.91 Å². The molecule has 0 fully saturated rings. The molecule has 0 unspecified atom stereocenters. The van der Waals surface area contributed by atoms with E-state index in [0.717, 1.165) is 0 Å². The van der Waals surface area contributed by atoms with Gasteiger partial charge in [0.05, 0.1) is 6.61 Å². The number of hydroxylamine groups is 1. The fourth-order valence-electron chi connectivity index (χ4n) is 1.20. The number of carbonyl (C=O) groups excluding carboxylic acids is 1. The zero-order chi connectivity index (χ0) is 14.1. The van der Waals surface area contributed by atoms with E-state index in [9.17, 15) is 9.59 Å². The van der Waals surface area contributed by atoms with Gasteiger partial charge in [0, 0.05) is 0 Å². The molecule has 104 valence electrons. The number of rotatable bonds is 8. The van der Waals surface area contributed by atoms with Crippen LogP contribution < -0.4 is 15.0 Å². The zero-order valence-corrected chi connectivity index (χ0v) is 10.4. The molecule has 0 radical (unpaired) electrons. The van der Waals surface area contributed by atoms with Crippen LogP contribution in [0.25, 0.3) is 0 Å². The first kappa shape index (κ1) is 14.8. The molecule has 0 heterocycles. The zero-order valence-electron chi connectivity index (χ0n) is 10.4. The molecule has 0 aliphatic carbocycles. The normalized spacial score (nSPS) is 9.74. The largest absolute Gasteiger partial charge is 0.490 e. The molecule has 1 aromatic rings. The number of carboxylic acid groups (broad SMARTS) is 1. The summed E-state index contributed by atoms with van der Waals surface area (Å²) in [6.45, 7) is 1.41. The lowest BCUT2D eigenvalue weighted by molar-refractivity contribution is -0.149. The van der Waals surface area contributed by atoms with Crippen LogP contribution in [0.3, 0.4) is 0 Å². The third-order valence-electron chi connectivity index (χ3n) is 1.89. The highest BCUT2D eigenvalue weighted by molar-refractivity contribution is 5.76. The van der Waals surface area contributed by atoms with Gasteiger partial charge < -0.3 is 14.6 Å². The quantitative estimate of drug-likeness (QED) is 0.671. The van der Waals surface area contributed by atoms with E-state index in [1.54, 1.807) is 24.3 Å². The SMILES string of the molecule is CCOc1ccccc1OCC(=O)NOCC(=O)O. The fraction of sp³-hybridized carbons (Fsp3) is 0.333. The Morgan fingerprint density at radius 2 is 1.79 bits per heavy atom. The van der Waals surface area contributed by atoms with Gasteiger partial charge in [-0.05, 0) is 19.1 Å². The van der Waals surface area contributed by atoms with Crippen LogP contribution in [-0.4, -0.2) is 36.8 Å². The molecule has 2 N–H and O–H groups in total. The molecule has 0 aromatic heterocycles. The summed E-state index contributed by atoms with van der Waals surface area (Å²) in [5, 5.41) is 8.31. The van der Waals surface area contributed by atoms with E-state index in [1.807, 2.05) is 12.4 Å². The first-order chi connectivity index (χ1) is 9.13. The Hall–Kier alpha value is -2.28. The molecule has 1 rings (SSSR count). The van der Waals surface area contributed by atoms with Gasteiger partial charge in [-0.15, -0.1) is 0 Å². The molecule has 0 saturated carbocycles. The highest BCUT2D eigenvalue weighted by Crippen LogP contribution is 2.26. The van der Waals surface area contributed by atoms with Crippen molar-refractivity contribution in [3.8, 4) is 11.5 Å². The van der Waals surface area contributed by atoms with E-state index in [0.29, 0.717) is 18.1 Å². The Bertz CT molecular complexity index is 434. The summed E-state index contributed by atoms with van der Waals surface area (Å²) in [5.74, 6) is -0.808. The molecule has 0 saturated heterocycles. The monoisotopic (exact) mass is 269 g/mol. The van der Waals surface area contributed by atoms with Crippen LogP contribution in [0.1, 0.15) is 6.92 Å².